The highest BCUT2D eigenvalue weighted by Gasteiger charge is 2.29. The van der Waals surface area contributed by atoms with E-state index in [0.717, 1.165) is 51.3 Å². The number of carbonyl (C=O) groups excluding carboxylic acids is 3. The molecular weight excluding hydrogens is 676 g/mol. The van der Waals surface area contributed by atoms with Crippen molar-refractivity contribution in [2.45, 2.75) is 37.8 Å². The Morgan fingerprint density at radius 2 is 1.77 bits per heavy atom. The van der Waals surface area contributed by atoms with Gasteiger partial charge in [-0.3, -0.25) is 24.6 Å². The van der Waals surface area contributed by atoms with Crippen molar-refractivity contribution in [1.29, 1.82) is 0 Å². The van der Waals surface area contributed by atoms with E-state index in [9.17, 15) is 18.8 Å². The Hall–Kier alpha value is -5.00. The number of anilines is 5. The van der Waals surface area contributed by atoms with Gasteiger partial charge in [-0.2, -0.15) is 0 Å². The Balaban J connectivity index is 0.883. The fraction of sp³-hybridized carbons (Fsp3) is 0.486. The first-order chi connectivity index (χ1) is 25.2. The lowest BCUT2D eigenvalue weighted by molar-refractivity contribution is -0.133. The van der Waals surface area contributed by atoms with Crippen LogP contribution in [0.2, 0.25) is 0 Å². The molecule has 5 heterocycles. The first-order valence-corrected chi connectivity index (χ1v) is 17.7. The maximum Gasteiger partial charge on any atom is 0.273 e. The Morgan fingerprint density at radius 1 is 0.962 bits per heavy atom. The number of imide groups is 1. The molecule has 0 spiro atoms. The molecular formula is C35H43F2N11O4. The summed E-state index contributed by atoms with van der Waals surface area (Å²) in [6.45, 7) is 7.13. The predicted octanol–water partition coefficient (Wildman–Crippen LogP) is 1.91. The number of primary amides is 1. The summed E-state index contributed by atoms with van der Waals surface area (Å²) in [4.78, 5) is 46.6. The molecule has 276 valence electrons. The molecule has 0 bridgehead atoms. The second kappa shape index (κ2) is 15.7. The number of amides is 3. The van der Waals surface area contributed by atoms with Gasteiger partial charge in [-0.1, -0.05) is 0 Å². The van der Waals surface area contributed by atoms with E-state index in [1.165, 1.54) is 12.1 Å². The number of ether oxygens (including phenoxy) is 1. The van der Waals surface area contributed by atoms with E-state index in [2.05, 4.69) is 46.2 Å². The number of morpholine rings is 1. The number of benzene rings is 2. The number of piperazine rings is 1. The van der Waals surface area contributed by atoms with Gasteiger partial charge in [0.25, 0.3) is 5.91 Å². The van der Waals surface area contributed by atoms with Crippen molar-refractivity contribution in [2.24, 2.45) is 11.7 Å². The second-order valence-electron chi connectivity index (χ2n) is 13.6. The Labute approximate surface area is 299 Å². The third-order valence-corrected chi connectivity index (χ3v) is 10.1. The average Bonchev–Trinajstić information content (AvgIpc) is 3.14. The molecule has 15 nitrogen and oxygen atoms in total. The van der Waals surface area contributed by atoms with Gasteiger partial charge < -0.3 is 36.2 Å². The molecule has 4 fully saturated rings. The van der Waals surface area contributed by atoms with Crippen LogP contribution in [0.15, 0.2) is 36.4 Å². The summed E-state index contributed by atoms with van der Waals surface area (Å²) in [7, 11) is 0. The molecule has 0 aliphatic carbocycles. The summed E-state index contributed by atoms with van der Waals surface area (Å²) in [6.07, 6.45) is 2.51. The van der Waals surface area contributed by atoms with E-state index in [0.29, 0.717) is 62.4 Å². The van der Waals surface area contributed by atoms with Crippen molar-refractivity contribution < 1.29 is 27.9 Å². The van der Waals surface area contributed by atoms with E-state index in [1.807, 2.05) is 11.0 Å². The Kier molecular flexibility index (Phi) is 10.7. The summed E-state index contributed by atoms with van der Waals surface area (Å²) < 4.78 is 36.0. The monoisotopic (exact) mass is 719 g/mol. The van der Waals surface area contributed by atoms with Crippen LogP contribution >= 0.6 is 0 Å². The first kappa shape index (κ1) is 35.4. The van der Waals surface area contributed by atoms with E-state index >= 15 is 4.39 Å². The normalized spacial score (nSPS) is 21.9. The smallest absolute Gasteiger partial charge is 0.273 e. The van der Waals surface area contributed by atoms with Crippen LogP contribution < -0.4 is 36.8 Å². The molecule has 52 heavy (non-hydrogen) atoms. The molecule has 4 aliphatic heterocycles. The number of halogens is 2. The summed E-state index contributed by atoms with van der Waals surface area (Å²) >= 11 is 0. The van der Waals surface area contributed by atoms with E-state index in [4.69, 9.17) is 10.5 Å². The predicted molar refractivity (Wildman–Crippen MR) is 189 cm³/mol. The van der Waals surface area contributed by atoms with Gasteiger partial charge in [0, 0.05) is 70.2 Å². The summed E-state index contributed by atoms with van der Waals surface area (Å²) in [6, 6.07) is 8.93. The topological polar surface area (TPSA) is 183 Å². The van der Waals surface area contributed by atoms with Gasteiger partial charge in [0.1, 0.15) is 17.7 Å². The van der Waals surface area contributed by atoms with Crippen molar-refractivity contribution >= 4 is 46.3 Å². The third kappa shape index (κ3) is 8.21. The summed E-state index contributed by atoms with van der Waals surface area (Å²) in [5.74, 6) is -1.42. The van der Waals surface area contributed by atoms with Gasteiger partial charge in [0.05, 0.1) is 30.6 Å². The number of nitrogens with two attached hydrogens (primary N) is 1. The second-order valence-corrected chi connectivity index (χ2v) is 13.6. The molecule has 3 aromatic rings. The number of nitrogens with zero attached hydrogens (tertiary/aromatic N) is 6. The van der Waals surface area contributed by atoms with Crippen molar-refractivity contribution in [1.82, 2.24) is 30.7 Å². The molecule has 17 heteroatoms. The number of carbonyl (C=O) groups is 3. The van der Waals surface area contributed by atoms with E-state index in [-0.39, 0.29) is 35.6 Å². The van der Waals surface area contributed by atoms with Crippen LogP contribution in [-0.4, -0.2) is 109 Å². The maximum absolute atomic E-state index is 15.5. The average molecular weight is 720 g/mol. The zero-order valence-electron chi connectivity index (χ0n) is 28.7. The van der Waals surface area contributed by atoms with Gasteiger partial charge in [0.2, 0.25) is 11.8 Å². The minimum atomic E-state index is -0.800. The maximum atomic E-state index is 15.5. The molecule has 2 unspecified atom stereocenters. The molecule has 0 saturated carbocycles. The fourth-order valence-electron chi connectivity index (χ4n) is 7.20. The zero-order valence-corrected chi connectivity index (χ0v) is 28.7. The first-order valence-electron chi connectivity index (χ1n) is 17.7. The van der Waals surface area contributed by atoms with Crippen LogP contribution in [0.3, 0.4) is 0 Å². The lowest BCUT2D eigenvalue weighted by atomic mass is 9.95. The molecule has 3 amide bonds. The van der Waals surface area contributed by atoms with Crippen LogP contribution in [0.4, 0.5) is 37.3 Å². The van der Waals surface area contributed by atoms with Crippen LogP contribution in [-0.2, 0) is 14.3 Å². The van der Waals surface area contributed by atoms with Gasteiger partial charge in [0.15, 0.2) is 17.3 Å². The van der Waals surface area contributed by atoms with Crippen LogP contribution in [0.25, 0.3) is 0 Å². The standard InChI is InChI=1S/C35H43F2N11O4/c36-24-18-23(2-3-26(24)41-27-4-6-30(49)42-35(27)51)47-10-7-21(8-11-47)19-46-12-14-48(15-13-46)29-5-1-22(17-25(29)37)40-34-31(32(38)50)44-45-33(43-34)28-20-52-16-9-39-28/h1-3,5,17-18,21,27-28,39,41H,4,6-16,19-20H2,(H2,38,50)(H,40,43,45)(H,42,49,51). The van der Waals surface area contributed by atoms with Crippen LogP contribution in [0.1, 0.15) is 48.0 Å². The molecule has 2 aromatic carbocycles. The van der Waals surface area contributed by atoms with Crippen molar-refractivity contribution in [2.75, 3.05) is 86.0 Å². The van der Waals surface area contributed by atoms with Gasteiger partial charge in [-0.25, -0.2) is 13.8 Å². The number of hydrogen-bond acceptors (Lipinski definition) is 13. The SMILES string of the molecule is NC(=O)c1nnc(C2COCCN2)nc1Nc1ccc(N2CCN(CC3CCN(c4ccc(NC5CCC(=O)NC5=O)c(F)c4)CC3)CC2)c(F)c1. The van der Waals surface area contributed by atoms with Crippen molar-refractivity contribution in [3.05, 3.63) is 59.6 Å². The summed E-state index contributed by atoms with van der Waals surface area (Å²) in [5, 5.41) is 19.5. The highest BCUT2D eigenvalue weighted by atomic mass is 19.1. The van der Waals surface area contributed by atoms with Crippen molar-refractivity contribution in [3.63, 3.8) is 0 Å². The third-order valence-electron chi connectivity index (χ3n) is 10.1. The molecule has 1 aromatic heterocycles. The largest absolute Gasteiger partial charge is 0.378 e. The van der Waals surface area contributed by atoms with E-state index in [1.54, 1.807) is 18.2 Å². The number of piperidine rings is 2. The van der Waals surface area contributed by atoms with E-state index < -0.39 is 29.5 Å². The van der Waals surface area contributed by atoms with Crippen molar-refractivity contribution in [3.8, 4) is 0 Å². The quantitative estimate of drug-likeness (QED) is 0.192. The highest BCUT2D eigenvalue weighted by Crippen LogP contribution is 2.30. The Bertz CT molecular complexity index is 1790. The number of aromatic nitrogens is 3. The number of rotatable bonds is 10. The van der Waals surface area contributed by atoms with Crippen LogP contribution in [0.5, 0.6) is 0 Å². The highest BCUT2D eigenvalue weighted by molar-refractivity contribution is 6.01. The molecule has 4 aliphatic rings. The minimum absolute atomic E-state index is 0.0980. The molecule has 7 rings (SSSR count). The molecule has 2 atom stereocenters. The molecule has 4 saturated heterocycles. The lowest BCUT2D eigenvalue weighted by Gasteiger charge is -2.40. The minimum Gasteiger partial charge on any atom is -0.378 e. The van der Waals surface area contributed by atoms with Crippen LogP contribution in [0, 0.1) is 17.6 Å². The lowest BCUT2D eigenvalue weighted by Crippen LogP contribution is -2.49. The number of nitrogens with one attached hydrogen (secondary N) is 4. The zero-order chi connectivity index (χ0) is 36.2. The fourth-order valence-corrected chi connectivity index (χ4v) is 7.20. The summed E-state index contributed by atoms with van der Waals surface area (Å²) in [5.41, 5.74) is 7.32. The number of hydrogen-bond donors (Lipinski definition) is 5. The molecule has 0 radical (unpaired) electrons. The van der Waals surface area contributed by atoms with Gasteiger partial charge in [-0.15, -0.1) is 10.2 Å². The van der Waals surface area contributed by atoms with Gasteiger partial charge in [-0.05, 0) is 61.6 Å². The Morgan fingerprint density at radius 3 is 2.46 bits per heavy atom. The van der Waals surface area contributed by atoms with Gasteiger partial charge >= 0.3 is 0 Å². The molecule has 6 N–H and O–H groups in total.